The van der Waals surface area contributed by atoms with Crippen molar-refractivity contribution in [3.8, 4) is 5.75 Å². The second kappa shape index (κ2) is 6.64. The summed E-state index contributed by atoms with van der Waals surface area (Å²) in [6, 6.07) is 7.59. The van der Waals surface area contributed by atoms with Gasteiger partial charge in [-0.1, -0.05) is 12.1 Å². The van der Waals surface area contributed by atoms with Crippen LogP contribution in [0.1, 0.15) is 53.1 Å². The lowest BCUT2D eigenvalue weighted by Gasteiger charge is -2.22. The Morgan fingerprint density at radius 3 is 2.10 bits per heavy atom. The number of amides is 1. The van der Waals surface area contributed by atoms with E-state index in [0.717, 1.165) is 11.3 Å². The molecule has 0 bridgehead atoms. The molecule has 0 heterocycles. The van der Waals surface area contributed by atoms with Crippen molar-refractivity contribution in [1.82, 2.24) is 5.32 Å². The fourth-order valence-electron chi connectivity index (χ4n) is 1.67. The highest BCUT2D eigenvalue weighted by molar-refractivity contribution is 5.68. The van der Waals surface area contributed by atoms with Gasteiger partial charge in [0.2, 0.25) is 0 Å². The Kier molecular flexibility index (Phi) is 5.43. The van der Waals surface area contributed by atoms with E-state index < -0.39 is 11.7 Å². The number of hydrogen-bond acceptors (Lipinski definition) is 3. The fourth-order valence-corrected chi connectivity index (χ4v) is 1.67. The highest BCUT2D eigenvalue weighted by Crippen LogP contribution is 2.19. The van der Waals surface area contributed by atoms with Crippen LogP contribution in [-0.2, 0) is 4.74 Å². The summed E-state index contributed by atoms with van der Waals surface area (Å²) in [5.74, 6) is 0.827. The molecule has 1 atom stereocenters. The molecule has 1 aromatic carbocycles. The van der Waals surface area contributed by atoms with Crippen molar-refractivity contribution in [1.29, 1.82) is 0 Å². The van der Waals surface area contributed by atoms with Crippen LogP contribution in [0.3, 0.4) is 0 Å². The van der Waals surface area contributed by atoms with Crippen LogP contribution in [0, 0.1) is 0 Å². The molecule has 4 nitrogen and oxygen atoms in total. The molecule has 0 aliphatic heterocycles. The summed E-state index contributed by atoms with van der Waals surface area (Å²) >= 11 is 0. The molecular weight excluding hydrogens is 254 g/mol. The molecule has 1 aromatic rings. The van der Waals surface area contributed by atoms with Gasteiger partial charge in [-0.3, -0.25) is 0 Å². The van der Waals surface area contributed by atoms with Gasteiger partial charge in [0, 0.05) is 0 Å². The molecular formula is C16H25NO3. The number of hydrogen-bond donors (Lipinski definition) is 1. The third kappa shape index (κ3) is 5.95. The van der Waals surface area contributed by atoms with Crippen LogP contribution in [0.25, 0.3) is 0 Å². The summed E-state index contributed by atoms with van der Waals surface area (Å²) in [4.78, 5) is 11.7. The Labute approximate surface area is 121 Å². The second-order valence-electron chi connectivity index (χ2n) is 6.10. The zero-order chi connectivity index (χ0) is 15.3. The maximum Gasteiger partial charge on any atom is 0.408 e. The van der Waals surface area contributed by atoms with Crippen molar-refractivity contribution in [2.75, 3.05) is 0 Å². The first-order chi connectivity index (χ1) is 9.17. The first-order valence-electron chi connectivity index (χ1n) is 6.93. The molecule has 0 radical (unpaired) electrons. The van der Waals surface area contributed by atoms with Gasteiger partial charge in [0.25, 0.3) is 0 Å². The van der Waals surface area contributed by atoms with Crippen LogP contribution in [0.4, 0.5) is 4.79 Å². The maximum absolute atomic E-state index is 11.7. The number of benzene rings is 1. The second-order valence-corrected chi connectivity index (χ2v) is 6.10. The Bertz CT molecular complexity index is 432. The Morgan fingerprint density at radius 1 is 1.10 bits per heavy atom. The van der Waals surface area contributed by atoms with Crippen molar-refractivity contribution >= 4 is 6.09 Å². The van der Waals surface area contributed by atoms with Crippen LogP contribution in [0.2, 0.25) is 0 Å². The lowest BCUT2D eigenvalue weighted by molar-refractivity contribution is 0.0508. The molecule has 0 aliphatic rings. The molecule has 0 spiro atoms. The molecule has 20 heavy (non-hydrogen) atoms. The fraction of sp³-hybridized carbons (Fsp3) is 0.562. The molecule has 1 N–H and O–H groups in total. The van der Waals surface area contributed by atoms with Crippen LogP contribution < -0.4 is 10.1 Å². The van der Waals surface area contributed by atoms with Crippen LogP contribution >= 0.6 is 0 Å². The summed E-state index contributed by atoms with van der Waals surface area (Å²) in [7, 11) is 0. The average Bonchev–Trinajstić information content (AvgIpc) is 2.26. The SMILES string of the molecule is CC(C)Oc1ccc(C(C)NC(=O)OC(C)(C)C)cc1. The zero-order valence-corrected chi connectivity index (χ0v) is 13.2. The predicted molar refractivity (Wildman–Crippen MR) is 80.0 cm³/mol. The van der Waals surface area contributed by atoms with Crippen molar-refractivity contribution in [3.63, 3.8) is 0 Å². The number of carbonyl (C=O) groups excluding carboxylic acids is 1. The van der Waals surface area contributed by atoms with E-state index in [1.807, 2.05) is 65.8 Å². The summed E-state index contributed by atoms with van der Waals surface area (Å²) in [6.45, 7) is 11.4. The van der Waals surface area contributed by atoms with Crippen molar-refractivity contribution in [2.45, 2.75) is 59.3 Å². The van der Waals surface area contributed by atoms with Gasteiger partial charge in [-0.05, 0) is 59.2 Å². The summed E-state index contributed by atoms with van der Waals surface area (Å²) < 4.78 is 10.8. The topological polar surface area (TPSA) is 47.6 Å². The molecule has 0 saturated heterocycles. The third-order valence-corrected chi connectivity index (χ3v) is 2.49. The largest absolute Gasteiger partial charge is 0.491 e. The van der Waals surface area contributed by atoms with Gasteiger partial charge in [-0.25, -0.2) is 4.79 Å². The third-order valence-electron chi connectivity index (χ3n) is 2.49. The van der Waals surface area contributed by atoms with Gasteiger partial charge in [-0.2, -0.15) is 0 Å². The highest BCUT2D eigenvalue weighted by Gasteiger charge is 2.18. The van der Waals surface area contributed by atoms with E-state index in [9.17, 15) is 4.79 Å². The van der Waals surface area contributed by atoms with Gasteiger partial charge in [0.15, 0.2) is 0 Å². The number of ether oxygens (including phenoxy) is 2. The van der Waals surface area contributed by atoms with Gasteiger partial charge in [0.05, 0.1) is 12.1 Å². The Balaban J connectivity index is 2.59. The van der Waals surface area contributed by atoms with E-state index in [4.69, 9.17) is 9.47 Å². The molecule has 1 amide bonds. The van der Waals surface area contributed by atoms with Crippen molar-refractivity contribution in [3.05, 3.63) is 29.8 Å². The molecule has 112 valence electrons. The van der Waals surface area contributed by atoms with E-state index in [-0.39, 0.29) is 12.1 Å². The minimum Gasteiger partial charge on any atom is -0.491 e. The summed E-state index contributed by atoms with van der Waals surface area (Å²) in [5, 5.41) is 2.81. The number of nitrogens with one attached hydrogen (secondary N) is 1. The van der Waals surface area contributed by atoms with Crippen LogP contribution in [0.15, 0.2) is 24.3 Å². The predicted octanol–water partition coefficient (Wildman–Crippen LogP) is 4.06. The number of alkyl carbamates (subject to hydrolysis) is 1. The zero-order valence-electron chi connectivity index (χ0n) is 13.2. The van der Waals surface area contributed by atoms with Crippen LogP contribution in [0.5, 0.6) is 5.75 Å². The minimum atomic E-state index is -0.487. The molecule has 0 saturated carbocycles. The summed E-state index contributed by atoms with van der Waals surface area (Å²) in [5.41, 5.74) is 0.519. The smallest absolute Gasteiger partial charge is 0.408 e. The van der Waals surface area contributed by atoms with Crippen LogP contribution in [-0.4, -0.2) is 17.8 Å². The molecule has 1 rings (SSSR count). The number of carbonyl (C=O) groups is 1. The normalized spacial score (nSPS) is 12.9. The average molecular weight is 279 g/mol. The quantitative estimate of drug-likeness (QED) is 0.904. The van der Waals surface area contributed by atoms with E-state index >= 15 is 0 Å². The van der Waals surface area contributed by atoms with Gasteiger partial charge in [-0.15, -0.1) is 0 Å². The van der Waals surface area contributed by atoms with Crippen molar-refractivity contribution < 1.29 is 14.3 Å². The van der Waals surface area contributed by atoms with E-state index in [1.165, 1.54) is 0 Å². The molecule has 4 heteroatoms. The first kappa shape index (κ1) is 16.3. The molecule has 0 aliphatic carbocycles. The van der Waals surface area contributed by atoms with Gasteiger partial charge in [0.1, 0.15) is 11.4 Å². The van der Waals surface area contributed by atoms with Gasteiger partial charge >= 0.3 is 6.09 Å². The standard InChI is InChI=1S/C16H25NO3/c1-11(2)19-14-9-7-13(8-10-14)12(3)17-15(18)20-16(4,5)6/h7-12H,1-6H3,(H,17,18). The van der Waals surface area contributed by atoms with E-state index in [0.29, 0.717) is 0 Å². The highest BCUT2D eigenvalue weighted by atomic mass is 16.6. The van der Waals surface area contributed by atoms with E-state index in [2.05, 4.69) is 5.32 Å². The maximum atomic E-state index is 11.7. The molecule has 1 unspecified atom stereocenters. The molecule has 0 aromatic heterocycles. The summed E-state index contributed by atoms with van der Waals surface area (Å²) in [6.07, 6.45) is -0.259. The van der Waals surface area contributed by atoms with Crippen molar-refractivity contribution in [2.24, 2.45) is 0 Å². The Hall–Kier alpha value is -1.71. The van der Waals surface area contributed by atoms with Gasteiger partial charge < -0.3 is 14.8 Å². The lowest BCUT2D eigenvalue weighted by atomic mass is 10.1. The monoisotopic (exact) mass is 279 g/mol. The molecule has 0 fully saturated rings. The Morgan fingerprint density at radius 2 is 1.65 bits per heavy atom. The first-order valence-corrected chi connectivity index (χ1v) is 6.93. The lowest BCUT2D eigenvalue weighted by Crippen LogP contribution is -2.34. The minimum absolute atomic E-state index is 0.113. The number of rotatable bonds is 4. The van der Waals surface area contributed by atoms with E-state index in [1.54, 1.807) is 0 Å².